The average Bonchev–Trinajstić information content (AvgIpc) is 2.98. The van der Waals surface area contributed by atoms with E-state index in [1.54, 1.807) is 23.5 Å². The monoisotopic (exact) mass is 264 g/mol. The third-order valence-electron chi connectivity index (χ3n) is 3.61. The summed E-state index contributed by atoms with van der Waals surface area (Å²) in [6.07, 6.45) is 2.50. The van der Waals surface area contributed by atoms with E-state index in [-0.39, 0.29) is 5.82 Å². The van der Waals surface area contributed by atoms with Gasteiger partial charge in [-0.2, -0.15) is 0 Å². The van der Waals surface area contributed by atoms with Crippen molar-refractivity contribution in [3.63, 3.8) is 0 Å². The van der Waals surface area contributed by atoms with Crippen LogP contribution in [-0.4, -0.2) is 18.0 Å². The normalized spacial score (nSPS) is 16.8. The van der Waals surface area contributed by atoms with Crippen LogP contribution in [0.2, 0.25) is 0 Å². The van der Waals surface area contributed by atoms with Gasteiger partial charge in [0.25, 0.3) is 0 Å². The fourth-order valence-electron chi connectivity index (χ4n) is 2.71. The highest BCUT2D eigenvalue weighted by molar-refractivity contribution is 7.19. The number of nitrogens with zero attached hydrogens (tertiary/aromatic N) is 1. The van der Waals surface area contributed by atoms with Crippen LogP contribution in [0, 0.1) is 5.82 Å². The molecule has 0 radical (unpaired) electrons. The number of halogens is 1. The number of hydrogen-bond acceptors (Lipinski definition) is 3. The highest BCUT2D eigenvalue weighted by atomic mass is 32.1. The first kappa shape index (κ1) is 12.1. The lowest BCUT2D eigenvalue weighted by atomic mass is 10.1. The average molecular weight is 264 g/mol. The minimum atomic E-state index is -0.113. The predicted molar refractivity (Wildman–Crippen MR) is 74.2 cm³/mol. The Labute approximate surface area is 110 Å². The van der Waals surface area contributed by atoms with E-state index < -0.39 is 0 Å². The van der Waals surface area contributed by atoms with Crippen molar-refractivity contribution in [2.45, 2.75) is 25.9 Å². The lowest BCUT2D eigenvalue weighted by molar-refractivity contribution is 0.332. The van der Waals surface area contributed by atoms with Crippen molar-refractivity contribution in [1.82, 2.24) is 4.90 Å². The zero-order chi connectivity index (χ0) is 12.5. The lowest BCUT2D eigenvalue weighted by Gasteiger charge is -2.15. The smallest absolute Gasteiger partial charge is 0.132 e. The summed E-state index contributed by atoms with van der Waals surface area (Å²) in [6.45, 7) is 3.58. The molecular formula is C14H17FN2S. The van der Waals surface area contributed by atoms with Crippen molar-refractivity contribution < 1.29 is 4.39 Å². The minimum absolute atomic E-state index is 0.113. The molecule has 0 aliphatic carbocycles. The zero-order valence-electron chi connectivity index (χ0n) is 10.3. The van der Waals surface area contributed by atoms with Crippen LogP contribution in [0.5, 0.6) is 0 Å². The lowest BCUT2D eigenvalue weighted by Crippen LogP contribution is -2.19. The second kappa shape index (κ2) is 4.96. The molecule has 1 aliphatic rings. The summed E-state index contributed by atoms with van der Waals surface area (Å²) in [4.78, 5) is 3.52. The van der Waals surface area contributed by atoms with Gasteiger partial charge in [-0.3, -0.25) is 4.90 Å². The van der Waals surface area contributed by atoms with Crippen LogP contribution in [0.25, 0.3) is 10.1 Å². The summed E-state index contributed by atoms with van der Waals surface area (Å²) < 4.78 is 15.0. The Hall–Kier alpha value is -0.970. The number of rotatable bonds is 3. The summed E-state index contributed by atoms with van der Waals surface area (Å²) in [5.74, 6) is -0.113. The van der Waals surface area contributed by atoms with Gasteiger partial charge in [0.05, 0.1) is 0 Å². The molecule has 1 aromatic carbocycles. The first-order valence-corrected chi connectivity index (χ1v) is 7.22. The number of thiophene rings is 1. The van der Waals surface area contributed by atoms with Gasteiger partial charge in [0.1, 0.15) is 5.82 Å². The number of hydrogen-bond donors (Lipinski definition) is 1. The molecule has 1 saturated heterocycles. The van der Waals surface area contributed by atoms with Crippen LogP contribution >= 0.6 is 11.3 Å². The molecule has 0 spiro atoms. The molecule has 1 fully saturated rings. The fourth-order valence-corrected chi connectivity index (χ4v) is 3.82. The Kier molecular flexibility index (Phi) is 3.33. The second-order valence-electron chi connectivity index (χ2n) is 4.80. The van der Waals surface area contributed by atoms with E-state index in [2.05, 4.69) is 4.90 Å². The van der Waals surface area contributed by atoms with E-state index in [9.17, 15) is 4.39 Å². The minimum Gasteiger partial charge on any atom is -0.326 e. The maximum atomic E-state index is 14.0. The van der Waals surface area contributed by atoms with Crippen molar-refractivity contribution in [2.75, 3.05) is 13.1 Å². The predicted octanol–water partition coefficient (Wildman–Crippen LogP) is 3.09. The SMILES string of the molecule is NCc1sc2cccc(F)c2c1CN1CCCC1. The van der Waals surface area contributed by atoms with Gasteiger partial charge < -0.3 is 5.73 Å². The quantitative estimate of drug-likeness (QED) is 0.923. The Morgan fingerprint density at radius 3 is 2.78 bits per heavy atom. The highest BCUT2D eigenvalue weighted by Crippen LogP contribution is 2.34. The van der Waals surface area contributed by atoms with Crippen LogP contribution < -0.4 is 5.73 Å². The number of fused-ring (bicyclic) bond motifs is 1. The largest absolute Gasteiger partial charge is 0.326 e. The summed E-state index contributed by atoms with van der Waals surface area (Å²) in [5, 5.41) is 0.787. The Morgan fingerprint density at radius 2 is 2.06 bits per heavy atom. The third kappa shape index (κ3) is 2.05. The zero-order valence-corrected chi connectivity index (χ0v) is 11.1. The topological polar surface area (TPSA) is 29.3 Å². The molecule has 0 bridgehead atoms. The standard InChI is InChI=1S/C14H17FN2S/c15-11-4-3-5-12-14(11)10(13(8-16)18-12)9-17-6-1-2-7-17/h3-5H,1-2,6-9,16H2. The molecular weight excluding hydrogens is 247 g/mol. The molecule has 0 amide bonds. The number of likely N-dealkylation sites (tertiary alicyclic amines) is 1. The van der Waals surface area contributed by atoms with E-state index in [1.165, 1.54) is 12.8 Å². The summed E-state index contributed by atoms with van der Waals surface area (Å²) in [7, 11) is 0. The van der Waals surface area contributed by atoms with E-state index in [0.717, 1.165) is 40.2 Å². The molecule has 2 N–H and O–H groups in total. The summed E-state index contributed by atoms with van der Waals surface area (Å²) in [6, 6.07) is 5.30. The molecule has 1 aromatic heterocycles. The van der Waals surface area contributed by atoms with Gasteiger partial charge in [0.2, 0.25) is 0 Å². The van der Waals surface area contributed by atoms with Crippen molar-refractivity contribution in [2.24, 2.45) is 5.73 Å². The van der Waals surface area contributed by atoms with Gasteiger partial charge in [0, 0.05) is 28.1 Å². The molecule has 0 atom stereocenters. The second-order valence-corrected chi connectivity index (χ2v) is 5.94. The molecule has 0 saturated carbocycles. The van der Waals surface area contributed by atoms with E-state index in [4.69, 9.17) is 5.73 Å². The summed E-state index contributed by atoms with van der Waals surface area (Å²) >= 11 is 1.63. The molecule has 2 nitrogen and oxygen atoms in total. The van der Waals surface area contributed by atoms with Crippen LogP contribution in [0.4, 0.5) is 4.39 Å². The van der Waals surface area contributed by atoms with Gasteiger partial charge in [-0.05, 0) is 43.6 Å². The van der Waals surface area contributed by atoms with Crippen LogP contribution in [0.15, 0.2) is 18.2 Å². The first-order chi connectivity index (χ1) is 8.79. The van der Waals surface area contributed by atoms with Crippen molar-refractivity contribution in [3.05, 3.63) is 34.5 Å². The summed E-state index contributed by atoms with van der Waals surface area (Å²) in [5.41, 5.74) is 6.92. The number of benzene rings is 1. The number of nitrogens with two attached hydrogens (primary N) is 1. The third-order valence-corrected chi connectivity index (χ3v) is 4.83. The molecule has 0 unspecified atom stereocenters. The van der Waals surface area contributed by atoms with E-state index in [1.807, 2.05) is 6.07 Å². The fraction of sp³-hybridized carbons (Fsp3) is 0.429. The molecule has 96 valence electrons. The molecule has 3 rings (SSSR count). The van der Waals surface area contributed by atoms with Crippen LogP contribution in [-0.2, 0) is 13.1 Å². The van der Waals surface area contributed by atoms with Gasteiger partial charge in [-0.15, -0.1) is 11.3 Å². The first-order valence-electron chi connectivity index (χ1n) is 6.41. The van der Waals surface area contributed by atoms with E-state index in [0.29, 0.717) is 6.54 Å². The Bertz CT molecular complexity index is 558. The molecule has 2 heterocycles. The molecule has 4 heteroatoms. The molecule has 2 aromatic rings. The van der Waals surface area contributed by atoms with Gasteiger partial charge in [-0.1, -0.05) is 6.07 Å². The molecule has 1 aliphatic heterocycles. The maximum absolute atomic E-state index is 14.0. The van der Waals surface area contributed by atoms with Crippen LogP contribution in [0.3, 0.4) is 0 Å². The van der Waals surface area contributed by atoms with Crippen molar-refractivity contribution in [3.8, 4) is 0 Å². The Morgan fingerprint density at radius 1 is 1.28 bits per heavy atom. The van der Waals surface area contributed by atoms with Crippen molar-refractivity contribution >= 4 is 21.4 Å². The highest BCUT2D eigenvalue weighted by Gasteiger charge is 2.19. The maximum Gasteiger partial charge on any atom is 0.132 e. The van der Waals surface area contributed by atoms with Crippen LogP contribution in [0.1, 0.15) is 23.3 Å². The molecule has 18 heavy (non-hydrogen) atoms. The Balaban J connectivity index is 2.06. The van der Waals surface area contributed by atoms with Gasteiger partial charge in [0.15, 0.2) is 0 Å². The van der Waals surface area contributed by atoms with E-state index >= 15 is 0 Å². The van der Waals surface area contributed by atoms with Gasteiger partial charge >= 0.3 is 0 Å². The van der Waals surface area contributed by atoms with Crippen molar-refractivity contribution in [1.29, 1.82) is 0 Å². The van der Waals surface area contributed by atoms with Gasteiger partial charge in [-0.25, -0.2) is 4.39 Å².